The first-order valence-corrected chi connectivity index (χ1v) is 6.41. The molecule has 3 aromatic rings. The topological polar surface area (TPSA) is 26.0 Å². The lowest BCUT2D eigenvalue weighted by molar-refractivity contribution is 0.617. The molecule has 0 N–H and O–H groups in total. The number of hydrogen-bond donors (Lipinski definition) is 1. The minimum absolute atomic E-state index is 0.673. The predicted molar refractivity (Wildman–Crippen MR) is 70.0 cm³/mol. The largest absolute Gasteiger partial charge is 0.464 e. The summed E-state index contributed by atoms with van der Waals surface area (Å²) in [4.78, 5) is 4.50. The fourth-order valence-electron chi connectivity index (χ4n) is 1.65. The molecule has 4 heteroatoms. The van der Waals surface area contributed by atoms with Crippen molar-refractivity contribution >= 4 is 34.9 Å². The summed E-state index contributed by atoms with van der Waals surface area (Å²) < 4.78 is 5.49. The van der Waals surface area contributed by atoms with E-state index in [0.717, 1.165) is 27.2 Å². The molecule has 0 unspecified atom stereocenters. The number of fused-ring (bicyclic) bond motifs is 1. The number of aromatic nitrogens is 1. The Morgan fingerprint density at radius 3 is 3.00 bits per heavy atom. The highest BCUT2D eigenvalue weighted by atomic mass is 32.1. The van der Waals surface area contributed by atoms with Gasteiger partial charge in [0.05, 0.1) is 11.3 Å². The molecule has 0 atom stereocenters. The minimum Gasteiger partial charge on any atom is -0.464 e. The van der Waals surface area contributed by atoms with Crippen LogP contribution in [0.2, 0.25) is 0 Å². The molecule has 16 heavy (non-hydrogen) atoms. The summed E-state index contributed by atoms with van der Waals surface area (Å²) in [5.41, 5.74) is 2.97. The van der Waals surface area contributed by atoms with Gasteiger partial charge in [0.25, 0.3) is 0 Å². The Morgan fingerprint density at radius 1 is 1.31 bits per heavy atom. The van der Waals surface area contributed by atoms with Gasteiger partial charge in [0, 0.05) is 16.5 Å². The molecule has 3 rings (SSSR count). The Kier molecular flexibility index (Phi) is 2.46. The highest BCUT2D eigenvalue weighted by Crippen LogP contribution is 2.32. The van der Waals surface area contributed by atoms with Gasteiger partial charge in [0.15, 0.2) is 0 Å². The van der Waals surface area contributed by atoms with Crippen LogP contribution < -0.4 is 0 Å². The average molecular weight is 247 g/mol. The van der Waals surface area contributed by atoms with Gasteiger partial charge in [-0.1, -0.05) is 18.2 Å². The molecule has 2 nitrogen and oxygen atoms in total. The molecule has 0 amide bonds. The van der Waals surface area contributed by atoms with Crippen molar-refractivity contribution in [3.8, 4) is 10.6 Å². The zero-order valence-corrected chi connectivity index (χ0v) is 10.1. The van der Waals surface area contributed by atoms with E-state index >= 15 is 0 Å². The van der Waals surface area contributed by atoms with Crippen molar-refractivity contribution in [1.82, 2.24) is 4.98 Å². The maximum atomic E-state index is 5.49. The van der Waals surface area contributed by atoms with Gasteiger partial charge >= 0.3 is 0 Å². The van der Waals surface area contributed by atoms with E-state index in [1.165, 1.54) is 0 Å². The molecule has 0 aliphatic carbocycles. The quantitative estimate of drug-likeness (QED) is 0.693. The SMILES string of the molecule is SCc1csc(-c2coc3ccccc23)n1. The van der Waals surface area contributed by atoms with Crippen molar-refractivity contribution in [1.29, 1.82) is 0 Å². The fourth-order valence-corrected chi connectivity index (χ4v) is 2.77. The van der Waals surface area contributed by atoms with E-state index in [1.54, 1.807) is 17.6 Å². The van der Waals surface area contributed by atoms with Crippen LogP contribution in [0.5, 0.6) is 0 Å². The third-order valence-corrected chi connectivity index (χ3v) is 3.67. The summed E-state index contributed by atoms with van der Waals surface area (Å²) in [6, 6.07) is 7.99. The van der Waals surface area contributed by atoms with Crippen LogP contribution in [-0.4, -0.2) is 4.98 Å². The van der Waals surface area contributed by atoms with Gasteiger partial charge < -0.3 is 4.42 Å². The van der Waals surface area contributed by atoms with Gasteiger partial charge in [-0.15, -0.1) is 11.3 Å². The lowest BCUT2D eigenvalue weighted by Gasteiger charge is -1.91. The van der Waals surface area contributed by atoms with Gasteiger partial charge in [-0.2, -0.15) is 12.6 Å². The van der Waals surface area contributed by atoms with Gasteiger partial charge in [-0.25, -0.2) is 4.98 Å². The van der Waals surface area contributed by atoms with Crippen molar-refractivity contribution in [3.05, 3.63) is 41.6 Å². The molecular formula is C12H9NOS2. The third kappa shape index (κ3) is 1.54. The van der Waals surface area contributed by atoms with Gasteiger partial charge in [-0.05, 0) is 6.07 Å². The number of para-hydroxylation sites is 1. The lowest BCUT2D eigenvalue weighted by atomic mass is 10.2. The summed E-state index contributed by atoms with van der Waals surface area (Å²) in [7, 11) is 0. The molecule has 0 saturated carbocycles. The van der Waals surface area contributed by atoms with E-state index in [0.29, 0.717) is 5.75 Å². The monoisotopic (exact) mass is 247 g/mol. The summed E-state index contributed by atoms with van der Waals surface area (Å²) in [6.07, 6.45) is 1.77. The van der Waals surface area contributed by atoms with E-state index in [2.05, 4.69) is 23.7 Å². The molecule has 0 aliphatic rings. The Balaban J connectivity index is 2.18. The second-order valence-electron chi connectivity index (χ2n) is 3.45. The number of furan rings is 1. The van der Waals surface area contributed by atoms with Crippen LogP contribution in [0.1, 0.15) is 5.69 Å². The van der Waals surface area contributed by atoms with E-state index < -0.39 is 0 Å². The fraction of sp³-hybridized carbons (Fsp3) is 0.0833. The molecule has 0 aliphatic heterocycles. The molecule has 0 radical (unpaired) electrons. The van der Waals surface area contributed by atoms with E-state index in [1.807, 2.05) is 23.6 Å². The zero-order valence-electron chi connectivity index (χ0n) is 8.38. The number of hydrogen-bond acceptors (Lipinski definition) is 4. The predicted octanol–water partition coefficient (Wildman–Crippen LogP) is 3.99. The summed E-state index contributed by atoms with van der Waals surface area (Å²) in [5.74, 6) is 0.673. The molecule has 0 bridgehead atoms. The number of rotatable bonds is 2. The first-order chi connectivity index (χ1) is 7.88. The van der Waals surface area contributed by atoms with Crippen LogP contribution in [0.3, 0.4) is 0 Å². The first-order valence-electron chi connectivity index (χ1n) is 4.90. The first kappa shape index (κ1) is 9.93. The molecule has 1 aromatic carbocycles. The second-order valence-corrected chi connectivity index (χ2v) is 4.62. The molecule has 0 spiro atoms. The van der Waals surface area contributed by atoms with Crippen LogP contribution in [0.15, 0.2) is 40.3 Å². The Hall–Kier alpha value is -1.26. The van der Waals surface area contributed by atoms with Crippen molar-refractivity contribution in [2.75, 3.05) is 0 Å². The normalized spacial score (nSPS) is 11.1. The molecule has 0 saturated heterocycles. The Bertz CT molecular complexity index is 627. The van der Waals surface area contributed by atoms with Gasteiger partial charge in [-0.3, -0.25) is 0 Å². The van der Waals surface area contributed by atoms with E-state index in [-0.39, 0.29) is 0 Å². The number of thiazole rings is 1. The summed E-state index contributed by atoms with van der Waals surface area (Å²) >= 11 is 5.84. The van der Waals surface area contributed by atoms with Crippen LogP contribution >= 0.6 is 24.0 Å². The minimum atomic E-state index is 0.673. The van der Waals surface area contributed by atoms with E-state index in [4.69, 9.17) is 4.42 Å². The Labute approximate surface area is 102 Å². The molecule has 0 fully saturated rings. The van der Waals surface area contributed by atoms with Crippen molar-refractivity contribution in [2.45, 2.75) is 5.75 Å². The van der Waals surface area contributed by atoms with Crippen LogP contribution in [0, 0.1) is 0 Å². The van der Waals surface area contributed by atoms with Crippen molar-refractivity contribution in [3.63, 3.8) is 0 Å². The van der Waals surface area contributed by atoms with Crippen molar-refractivity contribution in [2.24, 2.45) is 0 Å². The van der Waals surface area contributed by atoms with Crippen molar-refractivity contribution < 1.29 is 4.42 Å². The maximum Gasteiger partial charge on any atom is 0.134 e. The zero-order chi connectivity index (χ0) is 11.0. The third-order valence-electron chi connectivity index (χ3n) is 2.43. The summed E-state index contributed by atoms with van der Waals surface area (Å²) in [5, 5.41) is 4.14. The van der Waals surface area contributed by atoms with Gasteiger partial charge in [0.2, 0.25) is 0 Å². The number of benzene rings is 1. The second kappa shape index (κ2) is 3.96. The molecule has 80 valence electrons. The standard InChI is InChI=1S/C12H9NOS2/c15-6-8-7-16-12(13-8)10-5-14-11-4-2-1-3-9(10)11/h1-5,7,15H,6H2. The summed E-state index contributed by atoms with van der Waals surface area (Å²) in [6.45, 7) is 0. The Morgan fingerprint density at radius 2 is 2.19 bits per heavy atom. The number of nitrogens with zero attached hydrogens (tertiary/aromatic N) is 1. The van der Waals surface area contributed by atoms with Crippen LogP contribution in [0.25, 0.3) is 21.5 Å². The maximum absolute atomic E-state index is 5.49. The molecule has 2 heterocycles. The highest BCUT2D eigenvalue weighted by Gasteiger charge is 2.10. The highest BCUT2D eigenvalue weighted by molar-refractivity contribution is 7.79. The molecular weight excluding hydrogens is 238 g/mol. The number of thiol groups is 1. The molecule has 2 aromatic heterocycles. The lowest BCUT2D eigenvalue weighted by Crippen LogP contribution is -1.77. The van der Waals surface area contributed by atoms with Crippen LogP contribution in [-0.2, 0) is 5.75 Å². The average Bonchev–Trinajstić information content (AvgIpc) is 2.94. The van der Waals surface area contributed by atoms with E-state index in [9.17, 15) is 0 Å². The van der Waals surface area contributed by atoms with Crippen LogP contribution in [0.4, 0.5) is 0 Å². The van der Waals surface area contributed by atoms with Gasteiger partial charge in [0.1, 0.15) is 16.9 Å². The smallest absolute Gasteiger partial charge is 0.134 e.